The molecule has 1 aromatic carbocycles. The highest BCUT2D eigenvalue weighted by atomic mass is 19.1. The van der Waals surface area contributed by atoms with Gasteiger partial charge in [0.05, 0.1) is 18.2 Å². The van der Waals surface area contributed by atoms with Crippen LogP contribution in [-0.2, 0) is 4.74 Å². The van der Waals surface area contributed by atoms with E-state index in [0.717, 1.165) is 18.9 Å². The fraction of sp³-hybridized carbons (Fsp3) is 0.435. The first kappa shape index (κ1) is 23.3. The van der Waals surface area contributed by atoms with Crippen molar-refractivity contribution in [1.29, 1.82) is 0 Å². The van der Waals surface area contributed by atoms with Crippen LogP contribution in [0, 0.1) is 5.82 Å². The predicted octanol–water partition coefficient (Wildman–Crippen LogP) is 3.85. The normalized spacial score (nSPS) is 14.7. The van der Waals surface area contributed by atoms with E-state index in [1.54, 1.807) is 17.0 Å². The number of hydrogen-bond acceptors (Lipinski definition) is 7. The highest BCUT2D eigenvalue weighted by molar-refractivity contribution is 6.13. The van der Waals surface area contributed by atoms with E-state index in [2.05, 4.69) is 10.3 Å². The van der Waals surface area contributed by atoms with Crippen LogP contribution >= 0.6 is 0 Å². The number of methoxy groups -OCH3 is 1. The average molecular weight is 445 g/mol. The van der Waals surface area contributed by atoms with E-state index in [4.69, 9.17) is 15.2 Å². The van der Waals surface area contributed by atoms with Crippen LogP contribution in [0.4, 0.5) is 20.8 Å². The molecule has 0 bridgehead atoms. The first-order valence-corrected chi connectivity index (χ1v) is 10.5. The zero-order valence-electron chi connectivity index (χ0n) is 18.8. The van der Waals surface area contributed by atoms with Crippen molar-refractivity contribution in [1.82, 2.24) is 9.88 Å². The lowest BCUT2D eigenvalue weighted by molar-refractivity contribution is 0.0210. The third kappa shape index (κ3) is 5.66. The van der Waals surface area contributed by atoms with Crippen molar-refractivity contribution < 1.29 is 23.5 Å². The van der Waals surface area contributed by atoms with Gasteiger partial charge in [0.15, 0.2) is 0 Å². The summed E-state index contributed by atoms with van der Waals surface area (Å²) in [5, 5.41) is 3.30. The number of amides is 1. The molecule has 172 valence electrons. The second-order valence-electron chi connectivity index (χ2n) is 8.69. The number of nitrogens with two attached hydrogens (primary N) is 1. The van der Waals surface area contributed by atoms with Crippen molar-refractivity contribution >= 4 is 23.5 Å². The number of nitrogens with zero attached hydrogens (tertiary/aromatic N) is 2. The number of aromatic nitrogens is 1. The van der Waals surface area contributed by atoms with E-state index in [1.807, 2.05) is 20.8 Å². The first-order valence-electron chi connectivity index (χ1n) is 10.5. The number of anilines is 2. The number of benzene rings is 1. The van der Waals surface area contributed by atoms with Crippen LogP contribution in [0.3, 0.4) is 0 Å². The Bertz CT molecular complexity index is 998. The maximum atomic E-state index is 13.6. The average Bonchev–Trinajstić information content (AvgIpc) is 2.72. The number of piperidine rings is 1. The lowest BCUT2D eigenvalue weighted by atomic mass is 10.0. The Morgan fingerprint density at radius 3 is 2.44 bits per heavy atom. The van der Waals surface area contributed by atoms with Crippen LogP contribution in [0.2, 0.25) is 0 Å². The van der Waals surface area contributed by atoms with Gasteiger partial charge in [-0.1, -0.05) is 0 Å². The van der Waals surface area contributed by atoms with E-state index in [-0.39, 0.29) is 34.8 Å². The molecule has 3 N–H and O–H groups in total. The molecule has 1 fully saturated rings. The molecular weight excluding hydrogens is 415 g/mol. The highest BCUT2D eigenvalue weighted by Gasteiger charge is 2.27. The molecule has 0 spiro atoms. The summed E-state index contributed by atoms with van der Waals surface area (Å²) in [6.45, 7) is 6.66. The number of likely N-dealkylation sites (tertiary alicyclic amines) is 1. The van der Waals surface area contributed by atoms with Crippen molar-refractivity contribution in [3.8, 4) is 5.75 Å². The molecule has 9 heteroatoms. The summed E-state index contributed by atoms with van der Waals surface area (Å²) < 4.78 is 24.2. The topological polar surface area (TPSA) is 107 Å². The highest BCUT2D eigenvalue weighted by Crippen LogP contribution is 2.26. The van der Waals surface area contributed by atoms with Crippen molar-refractivity contribution in [3.05, 3.63) is 47.3 Å². The van der Waals surface area contributed by atoms with Crippen LogP contribution < -0.4 is 15.8 Å². The molecule has 0 aliphatic carbocycles. The summed E-state index contributed by atoms with van der Waals surface area (Å²) in [6.07, 6.45) is 1.14. The van der Waals surface area contributed by atoms with Gasteiger partial charge in [0.2, 0.25) is 5.78 Å². The summed E-state index contributed by atoms with van der Waals surface area (Å²) in [4.78, 5) is 31.1. The van der Waals surface area contributed by atoms with Gasteiger partial charge in [-0.25, -0.2) is 14.2 Å². The minimum absolute atomic E-state index is 0.0394. The Morgan fingerprint density at radius 2 is 1.84 bits per heavy atom. The SMILES string of the molecule is COc1ccc(F)cc1C(=O)c1ccc(NC2CCN(C(=O)OC(C)(C)C)CC2)nc1N. The number of nitrogens with one attached hydrogen (secondary N) is 1. The number of halogens is 1. The molecule has 1 aliphatic heterocycles. The molecule has 1 amide bonds. The molecule has 0 atom stereocenters. The molecule has 0 saturated carbocycles. The Labute approximate surface area is 186 Å². The van der Waals surface area contributed by atoms with Gasteiger partial charge in [-0.15, -0.1) is 0 Å². The smallest absolute Gasteiger partial charge is 0.410 e. The monoisotopic (exact) mass is 444 g/mol. The summed E-state index contributed by atoms with van der Waals surface area (Å²) in [6, 6.07) is 7.06. The molecule has 1 aromatic heterocycles. The quantitative estimate of drug-likeness (QED) is 0.675. The number of carbonyl (C=O) groups excluding carboxylic acids is 2. The second-order valence-corrected chi connectivity index (χ2v) is 8.69. The Morgan fingerprint density at radius 1 is 1.16 bits per heavy atom. The minimum atomic E-state index is -0.545. The van der Waals surface area contributed by atoms with Crippen LogP contribution in [0.5, 0.6) is 5.75 Å². The molecule has 0 unspecified atom stereocenters. The molecule has 8 nitrogen and oxygen atoms in total. The Kier molecular flexibility index (Phi) is 6.86. The zero-order chi connectivity index (χ0) is 23.5. The first-order chi connectivity index (χ1) is 15.1. The largest absolute Gasteiger partial charge is 0.496 e. The number of rotatable bonds is 5. The van der Waals surface area contributed by atoms with Crippen LogP contribution in [0.25, 0.3) is 0 Å². The molecule has 2 heterocycles. The maximum absolute atomic E-state index is 13.6. The summed E-state index contributed by atoms with van der Waals surface area (Å²) >= 11 is 0. The van der Waals surface area contributed by atoms with Gasteiger partial charge in [-0.3, -0.25) is 4.79 Å². The predicted molar refractivity (Wildman–Crippen MR) is 119 cm³/mol. The molecule has 0 radical (unpaired) electrons. The summed E-state index contributed by atoms with van der Waals surface area (Å²) in [5.41, 5.74) is 5.76. The van der Waals surface area contributed by atoms with E-state index >= 15 is 0 Å². The van der Waals surface area contributed by atoms with Crippen LogP contribution in [0.1, 0.15) is 49.5 Å². The number of hydrogen-bond donors (Lipinski definition) is 2. The molecule has 32 heavy (non-hydrogen) atoms. The molecule has 1 saturated heterocycles. The van der Waals surface area contributed by atoms with Gasteiger partial charge < -0.3 is 25.4 Å². The van der Waals surface area contributed by atoms with Gasteiger partial charge >= 0.3 is 6.09 Å². The second kappa shape index (κ2) is 9.42. The lowest BCUT2D eigenvalue weighted by Gasteiger charge is -2.33. The number of ether oxygens (including phenoxy) is 2. The molecule has 2 aromatic rings. The third-order valence-corrected chi connectivity index (χ3v) is 5.07. The van der Waals surface area contributed by atoms with Gasteiger partial charge in [0.1, 0.15) is 28.8 Å². The van der Waals surface area contributed by atoms with Crippen LogP contribution in [0.15, 0.2) is 30.3 Å². The van der Waals surface area contributed by atoms with Crippen molar-refractivity contribution in [2.45, 2.75) is 45.3 Å². The van der Waals surface area contributed by atoms with Crippen molar-refractivity contribution in [2.24, 2.45) is 0 Å². The fourth-order valence-corrected chi connectivity index (χ4v) is 3.49. The standard InChI is InChI=1S/C23H29FN4O4/c1-23(2,3)32-22(30)28-11-9-15(10-12-28)26-19-8-6-16(21(25)27-19)20(29)17-13-14(24)5-7-18(17)31-4/h5-8,13,15H,9-12H2,1-4H3,(H3,25,26,27). The fourth-order valence-electron chi connectivity index (χ4n) is 3.49. The minimum Gasteiger partial charge on any atom is -0.496 e. The van der Waals surface area contributed by atoms with E-state index in [1.165, 1.54) is 19.2 Å². The third-order valence-electron chi connectivity index (χ3n) is 5.07. The van der Waals surface area contributed by atoms with Gasteiger partial charge in [-0.05, 0) is 63.9 Å². The zero-order valence-corrected chi connectivity index (χ0v) is 18.8. The van der Waals surface area contributed by atoms with E-state index in [0.29, 0.717) is 18.9 Å². The molecule has 1 aliphatic rings. The molecular formula is C23H29FN4O4. The number of carbonyl (C=O) groups is 2. The van der Waals surface area contributed by atoms with Gasteiger partial charge in [-0.2, -0.15) is 0 Å². The van der Waals surface area contributed by atoms with Gasteiger partial charge in [0.25, 0.3) is 0 Å². The number of nitrogen functional groups attached to an aromatic ring is 1. The maximum Gasteiger partial charge on any atom is 0.410 e. The lowest BCUT2D eigenvalue weighted by Crippen LogP contribution is -2.44. The number of ketones is 1. The van der Waals surface area contributed by atoms with Crippen molar-refractivity contribution in [2.75, 3.05) is 31.2 Å². The van der Waals surface area contributed by atoms with Crippen LogP contribution in [-0.4, -0.2) is 53.6 Å². The Hall–Kier alpha value is -3.36. The Balaban J connectivity index is 1.64. The van der Waals surface area contributed by atoms with E-state index < -0.39 is 17.2 Å². The van der Waals surface area contributed by atoms with E-state index in [9.17, 15) is 14.0 Å². The van der Waals surface area contributed by atoms with Crippen molar-refractivity contribution in [3.63, 3.8) is 0 Å². The number of pyridine rings is 1. The summed E-state index contributed by atoms with van der Waals surface area (Å²) in [5.74, 6) is -0.187. The van der Waals surface area contributed by atoms with Gasteiger partial charge in [0, 0.05) is 19.1 Å². The molecule has 3 rings (SSSR count). The summed E-state index contributed by atoms with van der Waals surface area (Å²) in [7, 11) is 1.41.